The molecule has 3 aromatic rings. The van der Waals surface area contributed by atoms with Crippen molar-refractivity contribution in [2.75, 3.05) is 13.1 Å². The lowest BCUT2D eigenvalue weighted by Crippen LogP contribution is -2.46. The van der Waals surface area contributed by atoms with E-state index in [4.69, 9.17) is 9.84 Å². The zero-order valence-electron chi connectivity index (χ0n) is 19.2. The Labute approximate surface area is 194 Å². The topological polar surface area (TPSA) is 79.7 Å². The van der Waals surface area contributed by atoms with Crippen molar-refractivity contribution < 1.29 is 19.4 Å². The molecule has 6 nitrogen and oxygen atoms in total. The van der Waals surface area contributed by atoms with Crippen molar-refractivity contribution >= 4 is 22.8 Å². The molecule has 0 spiro atoms. The van der Waals surface area contributed by atoms with Crippen LogP contribution in [0.5, 0.6) is 5.75 Å². The average Bonchev–Trinajstić information content (AvgIpc) is 2.82. The molecule has 33 heavy (non-hydrogen) atoms. The second-order valence-electron chi connectivity index (χ2n) is 8.70. The number of carbonyl (C=O) groups is 2. The molecule has 172 valence electrons. The number of carboxylic acid groups (broad SMARTS) is 1. The number of likely N-dealkylation sites (tertiary alicyclic amines) is 1. The van der Waals surface area contributed by atoms with Crippen molar-refractivity contribution in [3.05, 3.63) is 60.3 Å². The third-order valence-corrected chi connectivity index (χ3v) is 6.36. The number of rotatable bonds is 7. The Morgan fingerprint density at radius 3 is 2.79 bits per heavy atom. The summed E-state index contributed by atoms with van der Waals surface area (Å²) in [6.07, 6.45) is 3.85. The molecule has 0 saturated carbocycles. The lowest BCUT2D eigenvalue weighted by molar-refractivity contribution is -0.143. The Bertz CT molecular complexity index is 1160. The first-order valence-corrected chi connectivity index (χ1v) is 11.6. The van der Waals surface area contributed by atoms with Crippen LogP contribution in [0.4, 0.5) is 0 Å². The van der Waals surface area contributed by atoms with Gasteiger partial charge in [0.2, 0.25) is 0 Å². The van der Waals surface area contributed by atoms with Crippen LogP contribution in [0.15, 0.2) is 54.7 Å². The molecule has 1 saturated heterocycles. The van der Waals surface area contributed by atoms with Crippen LogP contribution in [-0.4, -0.2) is 46.1 Å². The van der Waals surface area contributed by atoms with E-state index in [0.717, 1.165) is 35.7 Å². The van der Waals surface area contributed by atoms with Crippen molar-refractivity contribution in [3.63, 3.8) is 0 Å². The first-order valence-electron chi connectivity index (χ1n) is 11.6. The second kappa shape index (κ2) is 10.0. The number of hydrogen-bond acceptors (Lipinski definition) is 4. The number of fused-ring (bicyclic) bond motifs is 1. The molecule has 0 bridgehead atoms. The molecule has 2 atom stereocenters. The van der Waals surface area contributed by atoms with E-state index >= 15 is 0 Å². The number of ether oxygens (including phenoxy) is 1. The molecule has 0 radical (unpaired) electrons. The van der Waals surface area contributed by atoms with Crippen LogP contribution in [0.25, 0.3) is 22.0 Å². The van der Waals surface area contributed by atoms with E-state index in [1.807, 2.05) is 30.3 Å². The zero-order valence-corrected chi connectivity index (χ0v) is 19.2. The van der Waals surface area contributed by atoms with Gasteiger partial charge in [0.25, 0.3) is 5.91 Å². The maximum atomic E-state index is 12.9. The number of carbonyl (C=O) groups excluding carboxylic acids is 1. The molecule has 1 amide bonds. The van der Waals surface area contributed by atoms with Gasteiger partial charge in [-0.3, -0.25) is 14.6 Å². The zero-order chi connectivity index (χ0) is 23.4. The maximum absolute atomic E-state index is 12.9. The number of aliphatic carboxylic acids is 1. The number of hydrogen-bond donors (Lipinski definition) is 1. The standard InChI is InChI=1S/C27H30N2O4/c1-3-20-8-4-5-9-22(20)23-12-13-28-25-16-21(10-11-24(23)25)33-18(2)27(32)29-14-6-7-19(17-29)15-26(30)31/h4-5,8-13,16,18-19H,3,6-7,14-15,17H2,1-2H3,(H,30,31)/t18?,19-/m1/s1. The largest absolute Gasteiger partial charge is 0.481 e. The fourth-order valence-electron chi connectivity index (χ4n) is 4.72. The summed E-state index contributed by atoms with van der Waals surface area (Å²) in [5.74, 6) is -0.329. The van der Waals surface area contributed by atoms with Gasteiger partial charge in [-0.25, -0.2) is 0 Å². The molecular weight excluding hydrogens is 416 g/mol. The van der Waals surface area contributed by atoms with Crippen molar-refractivity contribution in [1.82, 2.24) is 9.88 Å². The smallest absolute Gasteiger partial charge is 0.303 e. The van der Waals surface area contributed by atoms with Gasteiger partial charge in [-0.05, 0) is 67.0 Å². The van der Waals surface area contributed by atoms with E-state index in [0.29, 0.717) is 18.8 Å². The monoisotopic (exact) mass is 446 g/mol. The minimum absolute atomic E-state index is 0.00156. The van der Waals surface area contributed by atoms with E-state index in [1.165, 1.54) is 11.1 Å². The van der Waals surface area contributed by atoms with Crippen LogP contribution < -0.4 is 4.74 Å². The number of aryl methyl sites for hydroxylation is 1. The Morgan fingerprint density at radius 2 is 2.00 bits per heavy atom. The van der Waals surface area contributed by atoms with Crippen LogP contribution in [0.1, 0.15) is 38.7 Å². The van der Waals surface area contributed by atoms with Gasteiger partial charge in [0.1, 0.15) is 5.75 Å². The first kappa shape index (κ1) is 22.8. The molecule has 1 aromatic heterocycles. The highest BCUT2D eigenvalue weighted by Crippen LogP contribution is 2.32. The molecule has 4 rings (SSSR count). The molecule has 2 heterocycles. The molecular formula is C27H30N2O4. The molecule has 1 N–H and O–H groups in total. The van der Waals surface area contributed by atoms with Crippen molar-refractivity contribution in [1.29, 1.82) is 0 Å². The van der Waals surface area contributed by atoms with E-state index in [1.54, 1.807) is 18.0 Å². The van der Waals surface area contributed by atoms with Gasteiger partial charge in [-0.15, -0.1) is 0 Å². The Kier molecular flexibility index (Phi) is 6.92. The number of pyridine rings is 1. The van der Waals surface area contributed by atoms with Gasteiger partial charge < -0.3 is 14.7 Å². The number of piperidine rings is 1. The third-order valence-electron chi connectivity index (χ3n) is 6.36. The number of benzene rings is 2. The number of carboxylic acids is 1. The highest BCUT2D eigenvalue weighted by Gasteiger charge is 2.29. The summed E-state index contributed by atoms with van der Waals surface area (Å²) in [6, 6.07) is 16.2. The molecule has 1 fully saturated rings. The molecule has 0 aliphatic carbocycles. The van der Waals surface area contributed by atoms with E-state index < -0.39 is 12.1 Å². The van der Waals surface area contributed by atoms with Gasteiger partial charge in [0.05, 0.1) is 5.52 Å². The number of aromatic nitrogens is 1. The molecule has 1 aliphatic heterocycles. The normalized spacial score (nSPS) is 17.0. The quantitative estimate of drug-likeness (QED) is 0.556. The van der Waals surface area contributed by atoms with Crippen LogP contribution in [0.2, 0.25) is 0 Å². The van der Waals surface area contributed by atoms with Crippen molar-refractivity contribution in [3.8, 4) is 16.9 Å². The van der Waals surface area contributed by atoms with Gasteiger partial charge in [0.15, 0.2) is 6.10 Å². The van der Waals surface area contributed by atoms with Crippen LogP contribution in [0.3, 0.4) is 0 Å². The third kappa shape index (κ3) is 5.16. The summed E-state index contributed by atoms with van der Waals surface area (Å²) in [7, 11) is 0. The molecule has 6 heteroatoms. The lowest BCUT2D eigenvalue weighted by Gasteiger charge is -2.33. The maximum Gasteiger partial charge on any atom is 0.303 e. The molecule has 1 aliphatic rings. The molecule has 1 unspecified atom stereocenters. The summed E-state index contributed by atoms with van der Waals surface area (Å²) in [5.41, 5.74) is 4.43. The first-order chi connectivity index (χ1) is 16.0. The predicted octanol–water partition coefficient (Wildman–Crippen LogP) is 4.94. The van der Waals surface area contributed by atoms with Crippen molar-refractivity contribution in [2.24, 2.45) is 5.92 Å². The SMILES string of the molecule is CCc1ccccc1-c1ccnc2cc(OC(C)C(=O)N3CCC[C@H](CC(=O)O)C3)ccc12. The van der Waals surface area contributed by atoms with E-state index in [-0.39, 0.29) is 18.2 Å². The number of nitrogens with zero attached hydrogens (tertiary/aromatic N) is 2. The summed E-state index contributed by atoms with van der Waals surface area (Å²) >= 11 is 0. The minimum atomic E-state index is -0.816. The van der Waals surface area contributed by atoms with Gasteiger partial charge in [-0.2, -0.15) is 0 Å². The number of amides is 1. The summed E-state index contributed by atoms with van der Waals surface area (Å²) in [6.45, 7) is 5.01. The Hall–Kier alpha value is -3.41. The van der Waals surface area contributed by atoms with Crippen LogP contribution >= 0.6 is 0 Å². The van der Waals surface area contributed by atoms with Gasteiger partial charge in [0, 0.05) is 37.2 Å². The lowest BCUT2D eigenvalue weighted by atomic mass is 9.94. The van der Waals surface area contributed by atoms with Crippen LogP contribution in [0, 0.1) is 5.92 Å². The van der Waals surface area contributed by atoms with Crippen LogP contribution in [-0.2, 0) is 16.0 Å². The molecule has 2 aromatic carbocycles. The van der Waals surface area contributed by atoms with Gasteiger partial charge >= 0.3 is 5.97 Å². The minimum Gasteiger partial charge on any atom is -0.481 e. The predicted molar refractivity (Wildman–Crippen MR) is 128 cm³/mol. The summed E-state index contributed by atoms with van der Waals surface area (Å²) in [5, 5.41) is 10.1. The Morgan fingerprint density at radius 1 is 1.18 bits per heavy atom. The van der Waals surface area contributed by atoms with E-state index in [2.05, 4.69) is 30.1 Å². The fourth-order valence-corrected chi connectivity index (χ4v) is 4.72. The Balaban J connectivity index is 1.51. The summed E-state index contributed by atoms with van der Waals surface area (Å²) < 4.78 is 6.00. The van der Waals surface area contributed by atoms with E-state index in [9.17, 15) is 9.59 Å². The van der Waals surface area contributed by atoms with Gasteiger partial charge in [-0.1, -0.05) is 31.2 Å². The second-order valence-corrected chi connectivity index (χ2v) is 8.70. The average molecular weight is 447 g/mol. The highest BCUT2D eigenvalue weighted by molar-refractivity contribution is 5.95. The van der Waals surface area contributed by atoms with Crippen molar-refractivity contribution in [2.45, 2.75) is 45.6 Å². The fraction of sp³-hybridized carbons (Fsp3) is 0.370. The highest BCUT2D eigenvalue weighted by atomic mass is 16.5. The summed E-state index contributed by atoms with van der Waals surface area (Å²) in [4.78, 5) is 30.3.